The van der Waals surface area contributed by atoms with E-state index in [4.69, 9.17) is 11.2 Å². The second-order valence-electron chi connectivity index (χ2n) is 5.18. The molecular formula is C16H24O5. The molecule has 0 spiro atoms. The average Bonchev–Trinajstić information content (AvgIpc) is 2.37. The fraction of sp³-hybridized carbons (Fsp3) is 0.688. The van der Waals surface area contributed by atoms with Gasteiger partial charge >= 0.3 is 17.9 Å². The van der Waals surface area contributed by atoms with Crippen molar-refractivity contribution in [2.75, 3.05) is 6.61 Å². The maximum atomic E-state index is 10.6. The molecule has 0 saturated heterocycles. The molecule has 0 atom stereocenters. The largest absolute Gasteiger partial charge is 0.466 e. The zero-order valence-corrected chi connectivity index (χ0v) is 13.0. The Bertz CT molecular complexity index is 374. The number of rotatable bonds is 3. The van der Waals surface area contributed by atoms with E-state index in [2.05, 4.69) is 10.7 Å². The van der Waals surface area contributed by atoms with Crippen molar-refractivity contribution in [1.29, 1.82) is 0 Å². The lowest BCUT2D eigenvalue weighted by Gasteiger charge is -2.26. The van der Waals surface area contributed by atoms with Gasteiger partial charge in [0.25, 0.3) is 0 Å². The van der Waals surface area contributed by atoms with Gasteiger partial charge in [0.1, 0.15) is 0 Å². The quantitative estimate of drug-likeness (QED) is 0.454. The molecule has 1 rings (SSSR count). The molecule has 1 aliphatic rings. The van der Waals surface area contributed by atoms with Crippen molar-refractivity contribution in [3.8, 4) is 12.3 Å². The summed E-state index contributed by atoms with van der Waals surface area (Å²) >= 11 is 0. The monoisotopic (exact) mass is 296 g/mol. The maximum Gasteiger partial charge on any atom is 0.310 e. The van der Waals surface area contributed by atoms with E-state index in [-0.39, 0.29) is 5.97 Å². The van der Waals surface area contributed by atoms with Gasteiger partial charge in [-0.05, 0) is 37.5 Å². The lowest BCUT2D eigenvalue weighted by molar-refractivity contribution is -0.156. The van der Waals surface area contributed by atoms with Gasteiger partial charge in [-0.3, -0.25) is 14.4 Å². The van der Waals surface area contributed by atoms with Gasteiger partial charge in [0.2, 0.25) is 0 Å². The Hall–Kier alpha value is -1.83. The SMILES string of the molecule is C#CCC1CCC(COC(C)=O)CC1.CC(=O)OC(C)=O. The summed E-state index contributed by atoms with van der Waals surface area (Å²) in [6, 6.07) is 0. The van der Waals surface area contributed by atoms with Crippen LogP contribution in [-0.4, -0.2) is 24.5 Å². The van der Waals surface area contributed by atoms with Crippen LogP contribution < -0.4 is 0 Å². The summed E-state index contributed by atoms with van der Waals surface area (Å²) in [6.45, 7) is 4.42. The normalized spacial score (nSPS) is 20.3. The van der Waals surface area contributed by atoms with Crippen LogP contribution in [0, 0.1) is 24.2 Å². The van der Waals surface area contributed by atoms with E-state index in [0.29, 0.717) is 18.4 Å². The summed E-state index contributed by atoms with van der Waals surface area (Å²) in [5.41, 5.74) is 0. The van der Waals surface area contributed by atoms with Crippen LogP contribution in [0.4, 0.5) is 0 Å². The molecule has 1 fully saturated rings. The zero-order valence-electron chi connectivity index (χ0n) is 13.0. The Morgan fingerprint density at radius 3 is 1.76 bits per heavy atom. The molecule has 0 aromatic carbocycles. The minimum atomic E-state index is -0.562. The third-order valence-electron chi connectivity index (χ3n) is 3.18. The highest BCUT2D eigenvalue weighted by molar-refractivity contribution is 5.82. The number of hydrogen-bond acceptors (Lipinski definition) is 5. The van der Waals surface area contributed by atoms with Crippen LogP contribution in [0.3, 0.4) is 0 Å². The van der Waals surface area contributed by atoms with Gasteiger partial charge in [-0.25, -0.2) is 0 Å². The third-order valence-corrected chi connectivity index (χ3v) is 3.18. The van der Waals surface area contributed by atoms with Crippen LogP contribution in [0.2, 0.25) is 0 Å². The molecular weight excluding hydrogens is 272 g/mol. The first-order valence-electron chi connectivity index (χ1n) is 7.11. The highest BCUT2D eigenvalue weighted by atomic mass is 16.6. The molecule has 0 radical (unpaired) electrons. The van der Waals surface area contributed by atoms with Crippen molar-refractivity contribution >= 4 is 17.9 Å². The van der Waals surface area contributed by atoms with Crippen LogP contribution in [-0.2, 0) is 23.9 Å². The van der Waals surface area contributed by atoms with Crippen molar-refractivity contribution in [3.05, 3.63) is 0 Å². The molecule has 1 saturated carbocycles. The molecule has 21 heavy (non-hydrogen) atoms. The predicted molar refractivity (Wildman–Crippen MR) is 78.0 cm³/mol. The predicted octanol–water partition coefficient (Wildman–Crippen LogP) is 2.48. The molecule has 0 N–H and O–H groups in total. The fourth-order valence-corrected chi connectivity index (χ4v) is 2.21. The van der Waals surface area contributed by atoms with E-state index in [9.17, 15) is 14.4 Å². The van der Waals surface area contributed by atoms with Crippen LogP contribution in [0.1, 0.15) is 52.9 Å². The summed E-state index contributed by atoms with van der Waals surface area (Å²) in [5.74, 6) is 2.69. The maximum absolute atomic E-state index is 10.6. The van der Waals surface area contributed by atoms with Gasteiger partial charge in [-0.15, -0.1) is 12.3 Å². The number of carbonyl (C=O) groups is 3. The van der Waals surface area contributed by atoms with Crippen molar-refractivity contribution in [3.63, 3.8) is 0 Å². The first-order valence-corrected chi connectivity index (χ1v) is 7.11. The summed E-state index contributed by atoms with van der Waals surface area (Å²) in [7, 11) is 0. The lowest BCUT2D eigenvalue weighted by atomic mass is 9.81. The smallest absolute Gasteiger partial charge is 0.310 e. The highest BCUT2D eigenvalue weighted by Gasteiger charge is 2.21. The van der Waals surface area contributed by atoms with E-state index in [1.807, 2.05) is 0 Å². The molecule has 0 heterocycles. The Balaban J connectivity index is 0.000000486. The van der Waals surface area contributed by atoms with Crippen LogP contribution >= 0.6 is 0 Å². The molecule has 0 bridgehead atoms. The van der Waals surface area contributed by atoms with Gasteiger partial charge in [0.05, 0.1) is 6.61 Å². The van der Waals surface area contributed by atoms with Gasteiger partial charge in [-0.2, -0.15) is 0 Å². The Morgan fingerprint density at radius 1 is 0.952 bits per heavy atom. The van der Waals surface area contributed by atoms with Crippen molar-refractivity contribution in [2.24, 2.45) is 11.8 Å². The van der Waals surface area contributed by atoms with Crippen LogP contribution in [0.25, 0.3) is 0 Å². The number of hydrogen-bond donors (Lipinski definition) is 0. The second kappa shape index (κ2) is 10.9. The average molecular weight is 296 g/mol. The number of esters is 3. The molecule has 0 amide bonds. The third kappa shape index (κ3) is 11.7. The van der Waals surface area contributed by atoms with E-state index in [1.54, 1.807) is 0 Å². The van der Waals surface area contributed by atoms with Gasteiger partial charge in [0, 0.05) is 27.2 Å². The number of ether oxygens (including phenoxy) is 2. The van der Waals surface area contributed by atoms with Crippen LogP contribution in [0.5, 0.6) is 0 Å². The topological polar surface area (TPSA) is 69.7 Å². The Morgan fingerprint density at radius 2 is 1.43 bits per heavy atom. The van der Waals surface area contributed by atoms with E-state index >= 15 is 0 Å². The Kier molecular flexibility index (Phi) is 9.95. The second-order valence-corrected chi connectivity index (χ2v) is 5.18. The number of terminal acetylenes is 1. The molecule has 0 unspecified atom stereocenters. The van der Waals surface area contributed by atoms with E-state index < -0.39 is 11.9 Å². The molecule has 0 aromatic heterocycles. The number of carbonyl (C=O) groups excluding carboxylic acids is 3. The molecule has 5 heteroatoms. The first kappa shape index (κ1) is 19.2. The summed E-state index contributed by atoms with van der Waals surface area (Å²) in [5, 5.41) is 0. The summed E-state index contributed by atoms with van der Waals surface area (Å²) < 4.78 is 8.97. The minimum absolute atomic E-state index is 0.171. The van der Waals surface area contributed by atoms with Crippen molar-refractivity contribution in [1.82, 2.24) is 0 Å². The molecule has 0 aliphatic heterocycles. The molecule has 0 aromatic rings. The zero-order chi connectivity index (χ0) is 16.3. The van der Waals surface area contributed by atoms with Crippen molar-refractivity contribution < 1.29 is 23.9 Å². The van der Waals surface area contributed by atoms with Crippen LogP contribution in [0.15, 0.2) is 0 Å². The van der Waals surface area contributed by atoms with Gasteiger partial charge in [0.15, 0.2) is 0 Å². The Labute approximate surface area is 126 Å². The molecule has 118 valence electrons. The van der Waals surface area contributed by atoms with E-state index in [0.717, 1.165) is 19.3 Å². The van der Waals surface area contributed by atoms with Gasteiger partial charge in [-0.1, -0.05) is 0 Å². The summed E-state index contributed by atoms with van der Waals surface area (Å²) in [4.78, 5) is 30.2. The van der Waals surface area contributed by atoms with E-state index in [1.165, 1.54) is 33.6 Å². The molecule has 1 aliphatic carbocycles. The minimum Gasteiger partial charge on any atom is -0.466 e. The standard InChI is InChI=1S/C12H18O2.C4H6O3/c1-3-4-11-5-7-12(8-6-11)9-14-10(2)13;1-3(5)7-4(2)6/h1,11-12H,4-9H2,2H3;1-2H3. The fourth-order valence-electron chi connectivity index (χ4n) is 2.21. The van der Waals surface area contributed by atoms with Crippen molar-refractivity contribution in [2.45, 2.75) is 52.9 Å². The first-order chi connectivity index (χ1) is 9.85. The summed E-state index contributed by atoms with van der Waals surface area (Å²) in [6.07, 6.45) is 10.9. The highest BCUT2D eigenvalue weighted by Crippen LogP contribution is 2.30. The lowest BCUT2D eigenvalue weighted by Crippen LogP contribution is -2.19. The van der Waals surface area contributed by atoms with Gasteiger partial charge < -0.3 is 9.47 Å². The molecule has 5 nitrogen and oxygen atoms in total.